The van der Waals surface area contributed by atoms with Crippen LogP contribution in [-0.4, -0.2) is 0 Å². The molecule has 0 amide bonds. The Hall–Kier alpha value is -1.23. The van der Waals surface area contributed by atoms with E-state index in [2.05, 4.69) is 5.43 Å². The highest BCUT2D eigenvalue weighted by atomic mass is 32.1. The largest absolute Gasteiger partial charge is 0.271 e. The van der Waals surface area contributed by atoms with E-state index in [0.29, 0.717) is 6.42 Å². The molecule has 1 unspecified atom stereocenters. The molecule has 2 rings (SSSR count). The molecule has 1 aromatic heterocycles. The molecule has 16 heavy (non-hydrogen) atoms. The summed E-state index contributed by atoms with van der Waals surface area (Å²) in [6.45, 7) is 0. The second kappa shape index (κ2) is 5.21. The monoisotopic (exact) mass is 236 g/mol. The lowest BCUT2D eigenvalue weighted by Gasteiger charge is -2.14. The van der Waals surface area contributed by atoms with Crippen molar-refractivity contribution in [3.63, 3.8) is 0 Å². The maximum atomic E-state index is 13.0. The minimum atomic E-state index is -0.209. The van der Waals surface area contributed by atoms with Gasteiger partial charge in [0.1, 0.15) is 5.82 Å². The number of nitrogens with one attached hydrogen (secondary N) is 1. The van der Waals surface area contributed by atoms with E-state index < -0.39 is 0 Å². The Labute approximate surface area is 97.9 Å². The molecule has 0 saturated heterocycles. The summed E-state index contributed by atoms with van der Waals surface area (Å²) in [5, 5.41) is 2.01. The summed E-state index contributed by atoms with van der Waals surface area (Å²) >= 11 is 1.64. The summed E-state index contributed by atoms with van der Waals surface area (Å²) in [7, 11) is 0. The lowest BCUT2D eigenvalue weighted by Crippen LogP contribution is -2.28. The molecule has 0 aliphatic carbocycles. The maximum Gasteiger partial charge on any atom is 0.123 e. The van der Waals surface area contributed by atoms with Gasteiger partial charge in [0.2, 0.25) is 0 Å². The molecule has 2 aromatic rings. The fraction of sp³-hybridized carbons (Fsp3) is 0.167. The van der Waals surface area contributed by atoms with Crippen molar-refractivity contribution >= 4 is 11.3 Å². The highest BCUT2D eigenvalue weighted by Gasteiger charge is 2.11. The first-order valence-corrected chi connectivity index (χ1v) is 5.91. The highest BCUT2D eigenvalue weighted by molar-refractivity contribution is 7.10. The summed E-state index contributed by atoms with van der Waals surface area (Å²) in [5.74, 6) is 5.30. The zero-order chi connectivity index (χ0) is 11.4. The van der Waals surface area contributed by atoms with E-state index >= 15 is 0 Å². The zero-order valence-corrected chi connectivity index (χ0v) is 9.51. The third kappa shape index (κ3) is 2.66. The predicted octanol–water partition coefficient (Wildman–Crippen LogP) is 2.63. The molecule has 0 bridgehead atoms. The van der Waals surface area contributed by atoms with E-state index in [1.807, 2.05) is 23.6 Å². The van der Waals surface area contributed by atoms with Gasteiger partial charge in [0.25, 0.3) is 0 Å². The molecular formula is C12H13FN2S. The SMILES string of the molecule is NNC(Cc1cccc(F)c1)c1cccs1. The van der Waals surface area contributed by atoms with E-state index in [9.17, 15) is 4.39 Å². The first kappa shape index (κ1) is 11.3. The van der Waals surface area contributed by atoms with Gasteiger partial charge in [0.15, 0.2) is 0 Å². The van der Waals surface area contributed by atoms with E-state index in [0.717, 1.165) is 10.4 Å². The summed E-state index contributed by atoms with van der Waals surface area (Å²) in [6.07, 6.45) is 0.689. The van der Waals surface area contributed by atoms with Crippen LogP contribution < -0.4 is 11.3 Å². The van der Waals surface area contributed by atoms with Crippen LogP contribution in [0.25, 0.3) is 0 Å². The molecular weight excluding hydrogens is 223 g/mol. The Kier molecular flexibility index (Phi) is 3.66. The maximum absolute atomic E-state index is 13.0. The minimum Gasteiger partial charge on any atom is -0.271 e. The average molecular weight is 236 g/mol. The lowest BCUT2D eigenvalue weighted by molar-refractivity contribution is 0.557. The van der Waals surface area contributed by atoms with Crippen LogP contribution in [0.3, 0.4) is 0 Å². The second-order valence-electron chi connectivity index (χ2n) is 3.57. The molecule has 0 spiro atoms. The van der Waals surface area contributed by atoms with Gasteiger partial charge in [-0.3, -0.25) is 11.3 Å². The number of thiophene rings is 1. The van der Waals surface area contributed by atoms with Gasteiger partial charge in [-0.15, -0.1) is 11.3 Å². The fourth-order valence-corrected chi connectivity index (χ4v) is 2.42. The van der Waals surface area contributed by atoms with Crippen molar-refractivity contribution < 1.29 is 4.39 Å². The van der Waals surface area contributed by atoms with Gasteiger partial charge >= 0.3 is 0 Å². The number of halogens is 1. The Morgan fingerprint density at radius 2 is 2.19 bits per heavy atom. The molecule has 0 aliphatic heterocycles. The van der Waals surface area contributed by atoms with Gasteiger partial charge in [-0.25, -0.2) is 4.39 Å². The molecule has 2 nitrogen and oxygen atoms in total. The molecule has 0 radical (unpaired) electrons. The molecule has 1 aromatic carbocycles. The molecule has 1 atom stereocenters. The number of hydrogen-bond acceptors (Lipinski definition) is 3. The predicted molar refractivity (Wildman–Crippen MR) is 64.5 cm³/mol. The van der Waals surface area contributed by atoms with Crippen LogP contribution in [0.15, 0.2) is 41.8 Å². The number of rotatable bonds is 4. The van der Waals surface area contributed by atoms with Crippen LogP contribution in [0.1, 0.15) is 16.5 Å². The Balaban J connectivity index is 2.13. The van der Waals surface area contributed by atoms with Gasteiger partial charge in [-0.05, 0) is 35.6 Å². The summed E-state index contributed by atoms with van der Waals surface area (Å²) < 4.78 is 13.0. The molecule has 0 fully saturated rings. The van der Waals surface area contributed by atoms with Crippen molar-refractivity contribution in [3.8, 4) is 0 Å². The van der Waals surface area contributed by atoms with Crippen LogP contribution in [0, 0.1) is 5.82 Å². The third-order valence-corrected chi connectivity index (χ3v) is 3.40. The number of hydrogen-bond donors (Lipinski definition) is 2. The second-order valence-corrected chi connectivity index (χ2v) is 4.55. The van der Waals surface area contributed by atoms with Gasteiger partial charge in [0.05, 0.1) is 6.04 Å². The van der Waals surface area contributed by atoms with Crippen LogP contribution in [0.5, 0.6) is 0 Å². The molecule has 0 aliphatic rings. The minimum absolute atomic E-state index is 0.0433. The van der Waals surface area contributed by atoms with Gasteiger partial charge in [-0.2, -0.15) is 0 Å². The van der Waals surface area contributed by atoms with Crippen molar-refractivity contribution in [3.05, 3.63) is 58.0 Å². The van der Waals surface area contributed by atoms with Crippen LogP contribution in [0.4, 0.5) is 4.39 Å². The lowest BCUT2D eigenvalue weighted by atomic mass is 10.1. The summed E-state index contributed by atoms with van der Waals surface area (Å²) in [4.78, 5) is 1.16. The molecule has 0 saturated carbocycles. The topological polar surface area (TPSA) is 38.0 Å². The quantitative estimate of drug-likeness (QED) is 0.632. The number of nitrogens with two attached hydrogens (primary N) is 1. The summed E-state index contributed by atoms with van der Waals surface area (Å²) in [5.41, 5.74) is 3.70. The first-order valence-electron chi connectivity index (χ1n) is 5.03. The van der Waals surface area contributed by atoms with Crippen molar-refractivity contribution in [1.29, 1.82) is 0 Å². The van der Waals surface area contributed by atoms with Gasteiger partial charge in [0, 0.05) is 4.88 Å². The molecule has 3 N–H and O–H groups in total. The van der Waals surface area contributed by atoms with Crippen molar-refractivity contribution in [1.82, 2.24) is 5.43 Å². The van der Waals surface area contributed by atoms with Crippen molar-refractivity contribution in [2.24, 2.45) is 5.84 Å². The standard InChI is InChI=1S/C12H13FN2S/c13-10-4-1-3-9(7-10)8-11(15-14)12-5-2-6-16-12/h1-7,11,15H,8,14H2. The van der Waals surface area contributed by atoms with E-state index in [4.69, 9.17) is 5.84 Å². The van der Waals surface area contributed by atoms with Crippen LogP contribution in [-0.2, 0) is 6.42 Å². The first-order chi connectivity index (χ1) is 7.79. The normalized spacial score (nSPS) is 12.6. The van der Waals surface area contributed by atoms with Crippen molar-refractivity contribution in [2.75, 3.05) is 0 Å². The third-order valence-electron chi connectivity index (χ3n) is 2.42. The fourth-order valence-electron chi connectivity index (χ4n) is 1.63. The zero-order valence-electron chi connectivity index (χ0n) is 8.69. The Morgan fingerprint density at radius 1 is 1.31 bits per heavy atom. The molecule has 84 valence electrons. The van der Waals surface area contributed by atoms with E-state index in [-0.39, 0.29) is 11.9 Å². The number of hydrazine groups is 1. The van der Waals surface area contributed by atoms with Crippen LogP contribution >= 0.6 is 11.3 Å². The average Bonchev–Trinajstić information content (AvgIpc) is 2.79. The van der Waals surface area contributed by atoms with Crippen LogP contribution in [0.2, 0.25) is 0 Å². The van der Waals surface area contributed by atoms with E-state index in [1.165, 1.54) is 12.1 Å². The smallest absolute Gasteiger partial charge is 0.123 e. The highest BCUT2D eigenvalue weighted by Crippen LogP contribution is 2.22. The van der Waals surface area contributed by atoms with Crippen molar-refractivity contribution in [2.45, 2.75) is 12.5 Å². The van der Waals surface area contributed by atoms with E-state index in [1.54, 1.807) is 17.4 Å². The number of benzene rings is 1. The van der Waals surface area contributed by atoms with Gasteiger partial charge in [-0.1, -0.05) is 18.2 Å². The van der Waals surface area contributed by atoms with Gasteiger partial charge < -0.3 is 0 Å². The molecule has 4 heteroatoms. The Bertz CT molecular complexity index is 442. The summed E-state index contributed by atoms with van der Waals surface area (Å²) in [6, 6.07) is 10.7. The molecule has 1 heterocycles. The Morgan fingerprint density at radius 3 is 2.81 bits per heavy atom.